The maximum Gasteiger partial charge on any atom is 0.224 e. The van der Waals surface area contributed by atoms with Gasteiger partial charge in [-0.1, -0.05) is 42.5 Å². The Bertz CT molecular complexity index is 790. The van der Waals surface area contributed by atoms with E-state index in [2.05, 4.69) is 10.6 Å². The summed E-state index contributed by atoms with van der Waals surface area (Å²) in [5.74, 6) is -0.0254. The number of carbonyl (C=O) groups excluding carboxylic acids is 1. The Morgan fingerprint density at radius 1 is 1.15 bits per heavy atom. The summed E-state index contributed by atoms with van der Waals surface area (Å²) >= 11 is 0. The van der Waals surface area contributed by atoms with Crippen molar-refractivity contribution in [3.63, 3.8) is 0 Å². The maximum atomic E-state index is 13.9. The van der Waals surface area contributed by atoms with Crippen LogP contribution < -0.4 is 15.4 Å². The first-order valence-electron chi connectivity index (χ1n) is 9.61. The zero-order valence-electron chi connectivity index (χ0n) is 15.3. The lowest BCUT2D eigenvalue weighted by molar-refractivity contribution is -0.124. The Balaban J connectivity index is 1.44. The first-order chi connectivity index (χ1) is 13.2. The summed E-state index contributed by atoms with van der Waals surface area (Å²) in [7, 11) is 0. The lowest BCUT2D eigenvalue weighted by Gasteiger charge is -2.24. The van der Waals surface area contributed by atoms with Crippen molar-refractivity contribution in [2.45, 2.75) is 25.3 Å². The number of halogens is 1. The van der Waals surface area contributed by atoms with Crippen LogP contribution in [0.1, 0.15) is 30.9 Å². The zero-order chi connectivity index (χ0) is 18.7. The van der Waals surface area contributed by atoms with E-state index in [4.69, 9.17) is 4.74 Å². The molecule has 2 aromatic rings. The van der Waals surface area contributed by atoms with Gasteiger partial charge in [0, 0.05) is 5.92 Å². The molecular weight excluding hydrogens is 343 g/mol. The van der Waals surface area contributed by atoms with Crippen LogP contribution in [0.4, 0.5) is 4.39 Å². The van der Waals surface area contributed by atoms with Gasteiger partial charge in [-0.25, -0.2) is 4.39 Å². The number of rotatable bonds is 6. The van der Waals surface area contributed by atoms with Gasteiger partial charge in [0.15, 0.2) is 11.6 Å². The fraction of sp³-hybridized carbons (Fsp3) is 0.409. The lowest BCUT2D eigenvalue weighted by Crippen LogP contribution is -2.37. The second-order valence-corrected chi connectivity index (χ2v) is 7.58. The fourth-order valence-electron chi connectivity index (χ4n) is 4.11. The molecular formula is C22H25FN2O2. The third-order valence-corrected chi connectivity index (χ3v) is 5.87. The molecule has 1 amide bonds. The first kappa shape index (κ1) is 18.0. The number of benzene rings is 2. The van der Waals surface area contributed by atoms with Gasteiger partial charge in [0.2, 0.25) is 5.91 Å². The van der Waals surface area contributed by atoms with Crippen LogP contribution in [0.25, 0.3) is 0 Å². The van der Waals surface area contributed by atoms with Crippen molar-refractivity contribution in [1.82, 2.24) is 10.6 Å². The summed E-state index contributed by atoms with van der Waals surface area (Å²) in [4.78, 5) is 12.9. The monoisotopic (exact) mass is 368 g/mol. The molecule has 2 fully saturated rings. The number of para-hydroxylation sites is 1. The Kier molecular flexibility index (Phi) is 5.12. The Morgan fingerprint density at radius 3 is 2.59 bits per heavy atom. The summed E-state index contributed by atoms with van der Waals surface area (Å²) in [5, 5.41) is 6.51. The highest BCUT2D eigenvalue weighted by Gasteiger charge is 2.57. The minimum absolute atomic E-state index is 0.0827. The molecule has 2 unspecified atom stereocenters. The number of amides is 1. The van der Waals surface area contributed by atoms with Crippen LogP contribution in [0.5, 0.6) is 5.75 Å². The lowest BCUT2D eigenvalue weighted by atomic mass is 9.91. The fourth-order valence-corrected chi connectivity index (χ4v) is 4.11. The Hall–Kier alpha value is -2.40. The van der Waals surface area contributed by atoms with Gasteiger partial charge in [0.1, 0.15) is 6.61 Å². The molecule has 1 aliphatic heterocycles. The summed E-state index contributed by atoms with van der Waals surface area (Å²) in [6, 6.07) is 15.8. The average Bonchev–Trinajstić information content (AvgIpc) is 3.40. The quantitative estimate of drug-likeness (QED) is 0.821. The van der Waals surface area contributed by atoms with Gasteiger partial charge < -0.3 is 15.4 Å². The van der Waals surface area contributed by atoms with Crippen molar-refractivity contribution >= 4 is 5.91 Å². The molecule has 0 aromatic heterocycles. The number of carbonyl (C=O) groups is 1. The molecule has 1 aliphatic carbocycles. The third-order valence-electron chi connectivity index (χ3n) is 5.87. The van der Waals surface area contributed by atoms with Gasteiger partial charge in [-0.3, -0.25) is 4.79 Å². The molecule has 2 aromatic carbocycles. The molecule has 1 spiro atoms. The smallest absolute Gasteiger partial charge is 0.224 e. The highest BCUT2D eigenvalue weighted by molar-refractivity contribution is 5.83. The summed E-state index contributed by atoms with van der Waals surface area (Å²) in [5.41, 5.74) is 1.14. The van der Waals surface area contributed by atoms with E-state index in [0.717, 1.165) is 37.9 Å². The summed E-state index contributed by atoms with van der Waals surface area (Å²) in [6.07, 6.45) is 3.09. The highest BCUT2D eigenvalue weighted by atomic mass is 19.1. The van der Waals surface area contributed by atoms with E-state index in [-0.39, 0.29) is 35.6 Å². The standard InChI is InChI=1S/C22H25FN2O2/c23-18-8-4-5-9-20(18)27-15-19(16-6-2-1-3-7-16)25-21(26)17-14-22(17)10-12-24-13-11-22/h1-9,17,19,24H,10-15H2,(H,25,26). The van der Waals surface area contributed by atoms with Crippen LogP contribution in [0.3, 0.4) is 0 Å². The Labute approximate surface area is 159 Å². The highest BCUT2D eigenvalue weighted by Crippen LogP contribution is 2.58. The first-order valence-corrected chi connectivity index (χ1v) is 9.61. The molecule has 2 atom stereocenters. The second-order valence-electron chi connectivity index (χ2n) is 7.58. The van der Waals surface area contributed by atoms with E-state index in [1.807, 2.05) is 30.3 Å². The van der Waals surface area contributed by atoms with E-state index in [1.165, 1.54) is 6.07 Å². The van der Waals surface area contributed by atoms with Crippen LogP contribution in [-0.2, 0) is 4.79 Å². The number of ether oxygens (including phenoxy) is 1. The van der Waals surface area contributed by atoms with Crippen LogP contribution in [0.2, 0.25) is 0 Å². The van der Waals surface area contributed by atoms with Crippen molar-refractivity contribution in [1.29, 1.82) is 0 Å². The van der Waals surface area contributed by atoms with Gasteiger partial charge >= 0.3 is 0 Å². The number of piperidine rings is 1. The van der Waals surface area contributed by atoms with Crippen molar-refractivity contribution in [2.75, 3.05) is 19.7 Å². The predicted octanol–water partition coefficient (Wildman–Crippen LogP) is 3.45. The summed E-state index contributed by atoms with van der Waals surface area (Å²) < 4.78 is 19.6. The average molecular weight is 368 g/mol. The molecule has 142 valence electrons. The van der Waals surface area contributed by atoms with E-state index >= 15 is 0 Å². The van der Waals surface area contributed by atoms with Crippen molar-refractivity contribution < 1.29 is 13.9 Å². The van der Waals surface area contributed by atoms with Crippen molar-refractivity contribution in [3.05, 3.63) is 66.0 Å². The third kappa shape index (κ3) is 3.98. The number of hydrogen-bond acceptors (Lipinski definition) is 3. The normalized spacial score (nSPS) is 21.4. The largest absolute Gasteiger partial charge is 0.488 e. The molecule has 4 nitrogen and oxygen atoms in total. The topological polar surface area (TPSA) is 50.4 Å². The second kappa shape index (κ2) is 7.69. The maximum absolute atomic E-state index is 13.9. The molecule has 0 radical (unpaired) electrons. The molecule has 4 rings (SSSR count). The van der Waals surface area contributed by atoms with E-state index in [1.54, 1.807) is 18.2 Å². The molecule has 27 heavy (non-hydrogen) atoms. The van der Waals surface area contributed by atoms with E-state index in [9.17, 15) is 9.18 Å². The molecule has 0 bridgehead atoms. The van der Waals surface area contributed by atoms with Crippen LogP contribution in [0, 0.1) is 17.2 Å². The predicted molar refractivity (Wildman–Crippen MR) is 102 cm³/mol. The minimum Gasteiger partial charge on any atom is -0.488 e. The van der Waals surface area contributed by atoms with Crippen LogP contribution in [-0.4, -0.2) is 25.6 Å². The van der Waals surface area contributed by atoms with Crippen LogP contribution >= 0.6 is 0 Å². The van der Waals surface area contributed by atoms with Gasteiger partial charge in [-0.2, -0.15) is 0 Å². The molecule has 1 heterocycles. The summed E-state index contributed by atoms with van der Waals surface area (Å²) in [6.45, 7) is 2.17. The molecule has 1 saturated heterocycles. The van der Waals surface area contributed by atoms with Gasteiger partial charge in [-0.05, 0) is 55.5 Å². The molecule has 2 N–H and O–H groups in total. The SMILES string of the molecule is O=C(NC(COc1ccccc1F)c1ccccc1)C1CC12CCNCC2. The number of nitrogens with one attached hydrogen (secondary N) is 2. The minimum atomic E-state index is -0.397. The Morgan fingerprint density at radius 2 is 1.85 bits per heavy atom. The zero-order valence-corrected chi connectivity index (χ0v) is 15.3. The van der Waals surface area contributed by atoms with Crippen molar-refractivity contribution in [2.24, 2.45) is 11.3 Å². The number of hydrogen-bond donors (Lipinski definition) is 2. The van der Waals surface area contributed by atoms with Crippen molar-refractivity contribution in [3.8, 4) is 5.75 Å². The van der Waals surface area contributed by atoms with Gasteiger partial charge in [0.25, 0.3) is 0 Å². The molecule has 1 saturated carbocycles. The van der Waals surface area contributed by atoms with Gasteiger partial charge in [0.05, 0.1) is 6.04 Å². The van der Waals surface area contributed by atoms with Crippen LogP contribution in [0.15, 0.2) is 54.6 Å². The molecule has 5 heteroatoms. The molecule has 2 aliphatic rings. The van der Waals surface area contributed by atoms with E-state index in [0.29, 0.717) is 0 Å². The van der Waals surface area contributed by atoms with E-state index < -0.39 is 5.82 Å². The van der Waals surface area contributed by atoms with Gasteiger partial charge in [-0.15, -0.1) is 0 Å².